The monoisotopic (exact) mass is 221 g/mol. The summed E-state index contributed by atoms with van der Waals surface area (Å²) in [6, 6.07) is 9.33. The second-order valence-corrected chi connectivity index (χ2v) is 4.68. The Bertz CT molecular complexity index is 294. The predicted molar refractivity (Wildman–Crippen MR) is 68.6 cm³/mol. The Balaban J connectivity index is 2.31. The van der Waals surface area contributed by atoms with Crippen molar-refractivity contribution in [3.05, 3.63) is 35.4 Å². The molecule has 2 unspecified atom stereocenters. The van der Waals surface area contributed by atoms with Crippen LogP contribution >= 0.6 is 0 Å². The smallest absolute Gasteiger partial charge is 0.0582 e. The molecule has 2 atom stereocenters. The summed E-state index contributed by atoms with van der Waals surface area (Å²) in [4.78, 5) is 0. The number of hydrogen-bond acceptors (Lipinski definition) is 2. The molecule has 90 valence electrons. The van der Waals surface area contributed by atoms with Gasteiger partial charge in [-0.1, -0.05) is 29.8 Å². The summed E-state index contributed by atoms with van der Waals surface area (Å²) in [6.07, 6.45) is 2.19. The Morgan fingerprint density at radius 3 is 2.31 bits per heavy atom. The second-order valence-electron chi connectivity index (χ2n) is 4.68. The third-order valence-electron chi connectivity index (χ3n) is 2.83. The minimum absolute atomic E-state index is 0.188. The molecular formula is C14H23NO. The molecule has 0 aromatic heterocycles. The topological polar surface area (TPSA) is 32.3 Å². The standard InChI is InChI=1S/C14H23NO/c1-11-4-7-14(8-5-11)9-6-12(2)15-13(3)10-16/h4-5,7-8,12-13,15-16H,6,9-10H2,1-3H3. The van der Waals surface area contributed by atoms with Crippen molar-refractivity contribution in [1.82, 2.24) is 5.32 Å². The molecule has 0 spiro atoms. The maximum Gasteiger partial charge on any atom is 0.0582 e. The Morgan fingerprint density at radius 2 is 1.75 bits per heavy atom. The van der Waals surface area contributed by atoms with Gasteiger partial charge in [-0.15, -0.1) is 0 Å². The van der Waals surface area contributed by atoms with E-state index in [1.165, 1.54) is 11.1 Å². The van der Waals surface area contributed by atoms with E-state index in [1.807, 2.05) is 6.92 Å². The van der Waals surface area contributed by atoms with Crippen LogP contribution in [0.3, 0.4) is 0 Å². The molecule has 1 rings (SSSR count). The first-order chi connectivity index (χ1) is 7.61. The van der Waals surface area contributed by atoms with E-state index in [4.69, 9.17) is 5.11 Å². The summed E-state index contributed by atoms with van der Waals surface area (Å²) in [5.74, 6) is 0. The molecule has 0 heterocycles. The molecule has 1 aromatic rings. The normalized spacial score (nSPS) is 14.8. The van der Waals surface area contributed by atoms with Crippen LogP contribution in [-0.4, -0.2) is 23.8 Å². The fourth-order valence-electron chi connectivity index (χ4n) is 1.76. The van der Waals surface area contributed by atoms with Crippen molar-refractivity contribution in [3.8, 4) is 0 Å². The number of hydrogen-bond donors (Lipinski definition) is 2. The molecule has 0 fully saturated rings. The van der Waals surface area contributed by atoms with E-state index in [2.05, 4.69) is 43.4 Å². The fourth-order valence-corrected chi connectivity index (χ4v) is 1.76. The summed E-state index contributed by atoms with van der Waals surface area (Å²) >= 11 is 0. The van der Waals surface area contributed by atoms with Crippen LogP contribution in [0.5, 0.6) is 0 Å². The lowest BCUT2D eigenvalue weighted by atomic mass is 10.0. The maximum atomic E-state index is 8.94. The van der Waals surface area contributed by atoms with Gasteiger partial charge in [-0.05, 0) is 39.2 Å². The molecule has 2 heteroatoms. The molecule has 2 nitrogen and oxygen atoms in total. The molecule has 0 saturated heterocycles. The molecule has 0 saturated carbocycles. The van der Waals surface area contributed by atoms with Crippen LogP contribution in [0.15, 0.2) is 24.3 Å². The van der Waals surface area contributed by atoms with Crippen molar-refractivity contribution >= 4 is 0 Å². The molecule has 0 aliphatic heterocycles. The van der Waals surface area contributed by atoms with Crippen LogP contribution in [0, 0.1) is 6.92 Å². The maximum absolute atomic E-state index is 8.94. The molecule has 0 amide bonds. The predicted octanol–water partition coefficient (Wildman–Crippen LogP) is 2.29. The van der Waals surface area contributed by atoms with Gasteiger partial charge in [-0.2, -0.15) is 0 Å². The third kappa shape index (κ3) is 4.77. The van der Waals surface area contributed by atoms with E-state index >= 15 is 0 Å². The summed E-state index contributed by atoms with van der Waals surface area (Å²) in [5, 5.41) is 12.3. The van der Waals surface area contributed by atoms with Crippen LogP contribution in [0.2, 0.25) is 0 Å². The van der Waals surface area contributed by atoms with Crippen molar-refractivity contribution in [2.24, 2.45) is 0 Å². The lowest BCUT2D eigenvalue weighted by molar-refractivity contribution is 0.241. The number of aliphatic hydroxyl groups is 1. The van der Waals surface area contributed by atoms with Gasteiger partial charge in [-0.25, -0.2) is 0 Å². The van der Waals surface area contributed by atoms with E-state index in [-0.39, 0.29) is 12.6 Å². The summed E-state index contributed by atoms with van der Waals surface area (Å²) in [5.41, 5.74) is 2.69. The molecule has 2 N–H and O–H groups in total. The first kappa shape index (κ1) is 13.2. The van der Waals surface area contributed by atoms with Gasteiger partial charge in [0.15, 0.2) is 0 Å². The minimum Gasteiger partial charge on any atom is -0.395 e. The molecule has 0 bridgehead atoms. The number of rotatable bonds is 6. The number of nitrogens with one attached hydrogen (secondary N) is 1. The molecule has 1 aromatic carbocycles. The summed E-state index contributed by atoms with van der Waals surface area (Å²) in [7, 11) is 0. The molecule has 0 aliphatic carbocycles. The molecule has 0 radical (unpaired) electrons. The van der Waals surface area contributed by atoms with Crippen molar-refractivity contribution in [2.45, 2.75) is 45.7 Å². The Hall–Kier alpha value is -0.860. The van der Waals surface area contributed by atoms with E-state index in [9.17, 15) is 0 Å². The van der Waals surface area contributed by atoms with Crippen molar-refractivity contribution in [1.29, 1.82) is 0 Å². The van der Waals surface area contributed by atoms with Crippen LogP contribution in [0.1, 0.15) is 31.4 Å². The average molecular weight is 221 g/mol. The van der Waals surface area contributed by atoms with Gasteiger partial charge in [-0.3, -0.25) is 0 Å². The summed E-state index contributed by atoms with van der Waals surface area (Å²) in [6.45, 7) is 6.48. The van der Waals surface area contributed by atoms with Gasteiger partial charge in [0.05, 0.1) is 6.61 Å². The van der Waals surface area contributed by atoms with Gasteiger partial charge >= 0.3 is 0 Å². The van der Waals surface area contributed by atoms with E-state index in [1.54, 1.807) is 0 Å². The van der Waals surface area contributed by atoms with E-state index in [0.29, 0.717) is 6.04 Å². The van der Waals surface area contributed by atoms with Crippen LogP contribution in [0.25, 0.3) is 0 Å². The van der Waals surface area contributed by atoms with Crippen molar-refractivity contribution < 1.29 is 5.11 Å². The quantitative estimate of drug-likeness (QED) is 0.772. The van der Waals surface area contributed by atoms with Crippen LogP contribution < -0.4 is 5.32 Å². The Kier molecular flexibility index (Phi) is 5.50. The highest BCUT2D eigenvalue weighted by Gasteiger charge is 2.06. The lowest BCUT2D eigenvalue weighted by Crippen LogP contribution is -2.36. The highest BCUT2D eigenvalue weighted by atomic mass is 16.3. The first-order valence-corrected chi connectivity index (χ1v) is 6.04. The first-order valence-electron chi connectivity index (χ1n) is 6.04. The Labute approximate surface area is 98.7 Å². The van der Waals surface area contributed by atoms with Crippen LogP contribution in [-0.2, 0) is 6.42 Å². The Morgan fingerprint density at radius 1 is 1.12 bits per heavy atom. The average Bonchev–Trinajstić information content (AvgIpc) is 2.28. The van der Waals surface area contributed by atoms with Gasteiger partial charge in [0.2, 0.25) is 0 Å². The SMILES string of the molecule is Cc1ccc(CCC(C)NC(C)CO)cc1. The van der Waals surface area contributed by atoms with Crippen LogP contribution in [0.4, 0.5) is 0 Å². The molecule has 0 aliphatic rings. The highest BCUT2D eigenvalue weighted by Crippen LogP contribution is 2.07. The lowest BCUT2D eigenvalue weighted by Gasteiger charge is -2.18. The third-order valence-corrected chi connectivity index (χ3v) is 2.83. The van der Waals surface area contributed by atoms with Gasteiger partial charge < -0.3 is 10.4 Å². The molecular weight excluding hydrogens is 198 g/mol. The van der Waals surface area contributed by atoms with E-state index < -0.39 is 0 Å². The largest absolute Gasteiger partial charge is 0.395 e. The van der Waals surface area contributed by atoms with Gasteiger partial charge in [0, 0.05) is 12.1 Å². The number of benzene rings is 1. The molecule has 16 heavy (non-hydrogen) atoms. The fraction of sp³-hybridized carbons (Fsp3) is 0.571. The van der Waals surface area contributed by atoms with Crippen molar-refractivity contribution in [3.63, 3.8) is 0 Å². The zero-order chi connectivity index (χ0) is 12.0. The number of aryl methyl sites for hydroxylation is 2. The van der Waals surface area contributed by atoms with E-state index in [0.717, 1.165) is 12.8 Å². The van der Waals surface area contributed by atoms with Crippen molar-refractivity contribution in [2.75, 3.05) is 6.61 Å². The zero-order valence-electron chi connectivity index (χ0n) is 10.5. The highest BCUT2D eigenvalue weighted by molar-refractivity contribution is 5.21. The summed E-state index contributed by atoms with van der Waals surface area (Å²) < 4.78 is 0. The minimum atomic E-state index is 0.188. The second kappa shape index (κ2) is 6.66. The zero-order valence-corrected chi connectivity index (χ0v) is 10.5. The number of aliphatic hydroxyl groups excluding tert-OH is 1. The van der Waals surface area contributed by atoms with Gasteiger partial charge in [0.25, 0.3) is 0 Å². The van der Waals surface area contributed by atoms with Gasteiger partial charge in [0.1, 0.15) is 0 Å².